The number of likely N-dealkylation sites (N-methyl/N-ethyl adjacent to an activating group) is 2. The molecule has 2 N–H and O–H groups in total. The van der Waals surface area contributed by atoms with Crippen molar-refractivity contribution in [2.45, 2.75) is 36.9 Å². The van der Waals surface area contributed by atoms with Crippen molar-refractivity contribution < 1.29 is 24.5 Å². The van der Waals surface area contributed by atoms with E-state index >= 15 is 0 Å². The molecule has 2 aromatic carbocycles. The summed E-state index contributed by atoms with van der Waals surface area (Å²) in [6, 6.07) is 33.5. The van der Waals surface area contributed by atoms with Crippen LogP contribution in [0.15, 0.2) is 109 Å². The molecule has 4 atom stereocenters. The van der Waals surface area contributed by atoms with Gasteiger partial charge in [-0.3, -0.25) is 19.6 Å². The number of ether oxygens (including phenoxy) is 1. The van der Waals surface area contributed by atoms with Gasteiger partial charge in [0.05, 0.1) is 48.3 Å². The molecule has 0 saturated carbocycles. The number of hydrogen-bond acceptors (Lipinski definition) is 7. The Bertz CT molecular complexity index is 1220. The lowest BCUT2D eigenvalue weighted by molar-refractivity contribution is -0.143. The number of pyridine rings is 2. The molecule has 4 rings (SSSR count). The minimum atomic E-state index is -1.08. The molecule has 4 unspecified atom stereocenters. The normalized spacial score (nSPS) is 13.7. The molecule has 0 fully saturated rings. The van der Waals surface area contributed by atoms with E-state index in [0.717, 1.165) is 24.5 Å². The zero-order chi connectivity index (χ0) is 32.6. The number of carboxylic acids is 2. The maximum atomic E-state index is 9.64. The molecule has 45 heavy (non-hydrogen) atoms. The van der Waals surface area contributed by atoms with Gasteiger partial charge in [-0.2, -0.15) is 0 Å². The highest BCUT2D eigenvalue weighted by atomic mass is 16.5. The second-order valence-electron chi connectivity index (χ2n) is 11.3. The van der Waals surface area contributed by atoms with Crippen LogP contribution in [-0.2, 0) is 14.3 Å². The molecule has 0 bridgehead atoms. The van der Waals surface area contributed by atoms with Gasteiger partial charge in [0.2, 0.25) is 0 Å². The van der Waals surface area contributed by atoms with E-state index in [4.69, 9.17) is 24.9 Å². The lowest BCUT2D eigenvalue weighted by atomic mass is 9.87. The van der Waals surface area contributed by atoms with Gasteiger partial charge in [0.25, 0.3) is 0 Å². The van der Waals surface area contributed by atoms with Crippen molar-refractivity contribution in [3.05, 3.63) is 132 Å². The summed E-state index contributed by atoms with van der Waals surface area (Å²) in [6.45, 7) is 1.51. The standard InChI is InChI=1S/C32H38N4O.C4H6O4/c1-35(2)23-29(31(25-15-7-5-8-16-25)27-19-11-13-21-33-27)37-30(24-36(3)4)32(26-17-9-6-10-18-26)28-20-12-14-22-34-28;5-3(6)1-2-4(7)8/h5-22,29-32H,23-24H2,1-4H3;1-2H2,(H,5,6)(H,7,8). The summed E-state index contributed by atoms with van der Waals surface area (Å²) in [6.07, 6.45) is 2.88. The Morgan fingerprint density at radius 2 is 0.956 bits per heavy atom. The zero-order valence-electron chi connectivity index (χ0n) is 26.4. The Morgan fingerprint density at radius 1 is 0.600 bits per heavy atom. The van der Waals surface area contributed by atoms with Crippen LogP contribution in [0.4, 0.5) is 0 Å². The van der Waals surface area contributed by atoms with E-state index in [1.807, 2.05) is 24.5 Å². The number of hydrogen-bond donors (Lipinski definition) is 2. The summed E-state index contributed by atoms with van der Waals surface area (Å²) < 4.78 is 7.25. The second kappa shape index (κ2) is 18.4. The highest BCUT2D eigenvalue weighted by Crippen LogP contribution is 2.35. The van der Waals surface area contributed by atoms with E-state index in [-0.39, 0.29) is 36.9 Å². The number of rotatable bonds is 15. The number of benzene rings is 2. The van der Waals surface area contributed by atoms with Gasteiger partial charge in [0, 0.05) is 25.5 Å². The largest absolute Gasteiger partial charge is 0.481 e. The molecule has 0 aliphatic carbocycles. The Kier molecular flexibility index (Phi) is 14.3. The average molecular weight is 613 g/mol. The van der Waals surface area contributed by atoms with Crippen LogP contribution in [0.2, 0.25) is 0 Å². The van der Waals surface area contributed by atoms with Gasteiger partial charge < -0.3 is 24.7 Å². The minimum absolute atomic E-state index is 0.0189. The van der Waals surface area contributed by atoms with Crippen molar-refractivity contribution in [2.75, 3.05) is 41.3 Å². The van der Waals surface area contributed by atoms with Crippen molar-refractivity contribution >= 4 is 11.9 Å². The highest BCUT2D eigenvalue weighted by Gasteiger charge is 2.35. The molecule has 0 aliphatic heterocycles. The molecule has 0 aliphatic rings. The molecule has 0 amide bonds. The SMILES string of the molecule is CN(C)CC(OC(CN(C)C)C(c1ccccc1)c1ccccn1)C(c1ccccc1)c1ccccn1.O=C(O)CCC(=O)O. The number of nitrogens with zero attached hydrogens (tertiary/aromatic N) is 4. The number of carboxylic acid groups (broad SMARTS) is 2. The summed E-state index contributed by atoms with van der Waals surface area (Å²) in [5.74, 6) is -2.19. The van der Waals surface area contributed by atoms with E-state index in [1.54, 1.807) is 0 Å². The van der Waals surface area contributed by atoms with E-state index in [1.165, 1.54) is 11.1 Å². The molecule has 2 heterocycles. The smallest absolute Gasteiger partial charge is 0.303 e. The summed E-state index contributed by atoms with van der Waals surface area (Å²) in [7, 11) is 8.41. The van der Waals surface area contributed by atoms with Crippen LogP contribution in [0.1, 0.15) is 47.2 Å². The maximum absolute atomic E-state index is 9.64. The fraction of sp³-hybridized carbons (Fsp3) is 0.333. The quantitative estimate of drug-likeness (QED) is 0.186. The van der Waals surface area contributed by atoms with Crippen LogP contribution in [0, 0.1) is 0 Å². The Hall–Kier alpha value is -4.44. The molecule has 9 heteroatoms. The van der Waals surface area contributed by atoms with E-state index in [0.29, 0.717) is 0 Å². The van der Waals surface area contributed by atoms with Crippen LogP contribution in [0.5, 0.6) is 0 Å². The molecular weight excluding hydrogens is 568 g/mol. The van der Waals surface area contributed by atoms with Crippen LogP contribution in [0.3, 0.4) is 0 Å². The number of aliphatic carboxylic acids is 2. The topological polar surface area (TPSA) is 116 Å². The van der Waals surface area contributed by atoms with Gasteiger partial charge in [-0.15, -0.1) is 0 Å². The predicted molar refractivity (Wildman–Crippen MR) is 175 cm³/mol. The van der Waals surface area contributed by atoms with E-state index < -0.39 is 11.9 Å². The summed E-state index contributed by atoms with van der Waals surface area (Å²) in [5.41, 5.74) is 4.42. The number of aromatic nitrogens is 2. The average Bonchev–Trinajstić information content (AvgIpc) is 3.02. The first-order chi connectivity index (χ1) is 21.7. The molecule has 0 radical (unpaired) electrons. The highest BCUT2D eigenvalue weighted by molar-refractivity contribution is 5.75. The van der Waals surface area contributed by atoms with Gasteiger partial charge in [0.1, 0.15) is 0 Å². The van der Waals surface area contributed by atoms with Crippen molar-refractivity contribution in [3.8, 4) is 0 Å². The Balaban J connectivity index is 0.000000610. The third-order valence-corrected chi connectivity index (χ3v) is 7.07. The lowest BCUT2D eigenvalue weighted by Crippen LogP contribution is -2.43. The third kappa shape index (κ3) is 11.9. The predicted octanol–water partition coefficient (Wildman–Crippen LogP) is 5.25. The van der Waals surface area contributed by atoms with Gasteiger partial charge in [-0.1, -0.05) is 72.8 Å². The molecule has 4 aromatic rings. The zero-order valence-corrected chi connectivity index (χ0v) is 26.4. The summed E-state index contributed by atoms with van der Waals surface area (Å²) in [5, 5.41) is 15.8. The summed E-state index contributed by atoms with van der Waals surface area (Å²) >= 11 is 0. The van der Waals surface area contributed by atoms with Crippen LogP contribution >= 0.6 is 0 Å². The van der Waals surface area contributed by atoms with Gasteiger partial charge in [-0.25, -0.2) is 0 Å². The Labute approximate surface area is 266 Å². The van der Waals surface area contributed by atoms with Crippen molar-refractivity contribution in [2.24, 2.45) is 0 Å². The number of carbonyl (C=O) groups is 2. The molecule has 9 nitrogen and oxygen atoms in total. The van der Waals surface area contributed by atoms with E-state index in [2.05, 4.69) is 123 Å². The molecule has 238 valence electrons. The van der Waals surface area contributed by atoms with Crippen molar-refractivity contribution in [3.63, 3.8) is 0 Å². The molecule has 0 spiro atoms. The van der Waals surface area contributed by atoms with Gasteiger partial charge in [0.15, 0.2) is 0 Å². The first-order valence-corrected chi connectivity index (χ1v) is 15.0. The first-order valence-electron chi connectivity index (χ1n) is 15.0. The fourth-order valence-electron chi connectivity index (χ4n) is 5.20. The molecular formula is C36H44N4O5. The second-order valence-corrected chi connectivity index (χ2v) is 11.3. The minimum Gasteiger partial charge on any atom is -0.481 e. The Morgan fingerprint density at radius 3 is 1.24 bits per heavy atom. The first kappa shape index (κ1) is 35.0. The van der Waals surface area contributed by atoms with E-state index in [9.17, 15) is 9.59 Å². The van der Waals surface area contributed by atoms with Crippen LogP contribution in [-0.4, -0.2) is 95.4 Å². The van der Waals surface area contributed by atoms with Crippen LogP contribution in [0.25, 0.3) is 0 Å². The fourth-order valence-corrected chi connectivity index (χ4v) is 5.20. The lowest BCUT2D eigenvalue weighted by Gasteiger charge is -2.37. The monoisotopic (exact) mass is 612 g/mol. The van der Waals surface area contributed by atoms with Crippen LogP contribution < -0.4 is 0 Å². The van der Waals surface area contributed by atoms with Gasteiger partial charge >= 0.3 is 11.9 Å². The molecule has 2 aromatic heterocycles. The third-order valence-electron chi connectivity index (χ3n) is 7.07. The van der Waals surface area contributed by atoms with Crippen molar-refractivity contribution in [1.82, 2.24) is 19.8 Å². The van der Waals surface area contributed by atoms with Gasteiger partial charge in [-0.05, 0) is 63.6 Å². The molecule has 0 saturated heterocycles. The van der Waals surface area contributed by atoms with Crippen molar-refractivity contribution in [1.29, 1.82) is 0 Å². The summed E-state index contributed by atoms with van der Waals surface area (Å²) in [4.78, 5) is 33.3. The maximum Gasteiger partial charge on any atom is 0.303 e.